The summed E-state index contributed by atoms with van der Waals surface area (Å²) in [4.78, 5) is 19.4. The van der Waals surface area contributed by atoms with Crippen molar-refractivity contribution in [1.29, 1.82) is 0 Å². The van der Waals surface area contributed by atoms with Gasteiger partial charge in [-0.15, -0.1) is 0 Å². The fourth-order valence-electron chi connectivity index (χ4n) is 1.43. The van der Waals surface area contributed by atoms with Crippen LogP contribution >= 0.6 is 0 Å². The molecule has 1 saturated heterocycles. The number of nitro groups is 2. The van der Waals surface area contributed by atoms with Gasteiger partial charge in [0.15, 0.2) is 0 Å². The van der Waals surface area contributed by atoms with E-state index in [1.54, 1.807) is 0 Å². The molecule has 1 aliphatic rings. The molecule has 1 fully saturated rings. The Morgan fingerprint density at radius 2 is 1.46 bits per heavy atom. The maximum atomic E-state index is 10.2. The van der Waals surface area contributed by atoms with Gasteiger partial charge >= 0.3 is 0 Å². The summed E-state index contributed by atoms with van der Waals surface area (Å²) in [5, 5.41) is 20.3. The molecule has 0 unspecified atom stereocenters. The van der Waals surface area contributed by atoms with Crippen molar-refractivity contribution in [3.63, 3.8) is 0 Å². The minimum absolute atomic E-state index is 0.238. The second kappa shape index (κ2) is 4.13. The summed E-state index contributed by atoms with van der Waals surface area (Å²) in [5.74, 6) is -0.610. The molecule has 0 aromatic carbocycles. The number of hydrogen-bond acceptors (Lipinski definition) is 5. The maximum Gasteiger partial charge on any atom is 0.209 e. The van der Waals surface area contributed by atoms with Crippen molar-refractivity contribution in [3.8, 4) is 0 Å². The lowest BCUT2D eigenvalue weighted by Gasteiger charge is -2.08. The summed E-state index contributed by atoms with van der Waals surface area (Å²) in [6.45, 7) is 0.0516. The Labute approximate surface area is 74.0 Å². The van der Waals surface area contributed by atoms with Gasteiger partial charge in [0.25, 0.3) is 0 Å². The van der Waals surface area contributed by atoms with E-state index in [4.69, 9.17) is 4.74 Å². The standard InChI is InChI=1S/C6H10N2O5/c9-7(10)1-5-3-13-4-6(5)2-8(11)12/h5-6H,1-4H2/t5-,6-/m1/s1. The Morgan fingerprint density at radius 3 is 1.77 bits per heavy atom. The van der Waals surface area contributed by atoms with E-state index in [0.29, 0.717) is 0 Å². The van der Waals surface area contributed by atoms with Gasteiger partial charge < -0.3 is 4.74 Å². The lowest BCUT2D eigenvalue weighted by molar-refractivity contribution is -0.505. The van der Waals surface area contributed by atoms with E-state index in [9.17, 15) is 20.2 Å². The van der Waals surface area contributed by atoms with Crippen molar-refractivity contribution in [2.24, 2.45) is 11.8 Å². The summed E-state index contributed by atoms with van der Waals surface area (Å²) in [5.41, 5.74) is 0. The van der Waals surface area contributed by atoms with Gasteiger partial charge in [0.1, 0.15) is 0 Å². The Kier molecular flexibility index (Phi) is 3.13. The second-order valence-electron chi connectivity index (χ2n) is 3.09. The van der Waals surface area contributed by atoms with Gasteiger partial charge in [0.05, 0.1) is 25.0 Å². The molecular formula is C6H10N2O5. The van der Waals surface area contributed by atoms with Crippen molar-refractivity contribution in [2.75, 3.05) is 26.3 Å². The van der Waals surface area contributed by atoms with Crippen LogP contribution in [0.5, 0.6) is 0 Å². The largest absolute Gasteiger partial charge is 0.380 e. The molecule has 13 heavy (non-hydrogen) atoms. The van der Waals surface area contributed by atoms with Gasteiger partial charge in [-0.1, -0.05) is 0 Å². The van der Waals surface area contributed by atoms with E-state index in [-0.39, 0.29) is 38.1 Å². The molecule has 0 aromatic heterocycles. The molecule has 0 saturated carbocycles. The van der Waals surface area contributed by atoms with Crippen LogP contribution in [-0.2, 0) is 4.74 Å². The van der Waals surface area contributed by atoms with E-state index in [2.05, 4.69) is 0 Å². The molecule has 0 N–H and O–H groups in total. The van der Waals surface area contributed by atoms with Crippen LogP contribution in [0.25, 0.3) is 0 Å². The first kappa shape index (κ1) is 9.85. The summed E-state index contributed by atoms with van der Waals surface area (Å²) in [7, 11) is 0. The number of rotatable bonds is 4. The van der Waals surface area contributed by atoms with Gasteiger partial charge in [-0.2, -0.15) is 0 Å². The lowest BCUT2D eigenvalue weighted by atomic mass is 9.96. The Hall–Kier alpha value is -1.24. The molecule has 2 atom stereocenters. The van der Waals surface area contributed by atoms with E-state index in [1.807, 2.05) is 0 Å². The lowest BCUT2D eigenvalue weighted by Crippen LogP contribution is -2.27. The third-order valence-corrected chi connectivity index (χ3v) is 2.10. The van der Waals surface area contributed by atoms with Crippen LogP contribution in [0.1, 0.15) is 0 Å². The SMILES string of the molecule is O=[N+]([O-])C[C@@H]1COC[C@H]1C[N+](=O)[O-]. The molecule has 0 spiro atoms. The second-order valence-corrected chi connectivity index (χ2v) is 3.09. The zero-order chi connectivity index (χ0) is 9.84. The van der Waals surface area contributed by atoms with Gasteiger partial charge in [-0.25, -0.2) is 0 Å². The quantitative estimate of drug-likeness (QED) is 0.452. The molecule has 74 valence electrons. The summed E-state index contributed by atoms with van der Waals surface area (Å²) < 4.78 is 4.96. The van der Waals surface area contributed by atoms with E-state index < -0.39 is 9.85 Å². The third-order valence-electron chi connectivity index (χ3n) is 2.10. The molecule has 1 rings (SSSR count). The highest BCUT2D eigenvalue weighted by Crippen LogP contribution is 2.20. The Morgan fingerprint density at radius 1 is 1.08 bits per heavy atom. The van der Waals surface area contributed by atoms with Crippen LogP contribution in [0.3, 0.4) is 0 Å². The zero-order valence-electron chi connectivity index (χ0n) is 6.92. The van der Waals surface area contributed by atoms with Gasteiger partial charge in [-0.05, 0) is 0 Å². The first-order valence-corrected chi connectivity index (χ1v) is 3.91. The molecule has 1 aliphatic heterocycles. The molecule has 0 aromatic rings. The topological polar surface area (TPSA) is 95.5 Å². The molecule has 0 amide bonds. The van der Waals surface area contributed by atoms with Crippen LogP contribution in [0.2, 0.25) is 0 Å². The van der Waals surface area contributed by atoms with Crippen molar-refractivity contribution in [3.05, 3.63) is 20.2 Å². The van der Waals surface area contributed by atoms with Crippen LogP contribution < -0.4 is 0 Å². The molecule has 1 heterocycles. The van der Waals surface area contributed by atoms with Crippen molar-refractivity contribution in [1.82, 2.24) is 0 Å². The van der Waals surface area contributed by atoms with E-state index in [1.165, 1.54) is 0 Å². The van der Waals surface area contributed by atoms with Gasteiger partial charge in [0.2, 0.25) is 13.1 Å². The molecule has 0 aliphatic carbocycles. The van der Waals surface area contributed by atoms with Gasteiger partial charge in [-0.3, -0.25) is 20.2 Å². The smallest absolute Gasteiger partial charge is 0.209 e. The van der Waals surface area contributed by atoms with Crippen molar-refractivity contribution >= 4 is 0 Å². The normalized spacial score (nSPS) is 27.4. The minimum atomic E-state index is -0.452. The monoisotopic (exact) mass is 190 g/mol. The molecular weight excluding hydrogens is 180 g/mol. The summed E-state index contributed by atoms with van der Waals surface area (Å²) in [6, 6.07) is 0. The predicted molar refractivity (Wildman–Crippen MR) is 41.5 cm³/mol. The first-order valence-electron chi connectivity index (χ1n) is 3.91. The average Bonchev–Trinajstić information content (AvgIpc) is 2.34. The molecule has 0 radical (unpaired) electrons. The third kappa shape index (κ3) is 2.94. The summed E-state index contributed by atoms with van der Waals surface area (Å²) >= 11 is 0. The van der Waals surface area contributed by atoms with Crippen molar-refractivity contribution < 1.29 is 14.6 Å². The van der Waals surface area contributed by atoms with E-state index in [0.717, 1.165) is 0 Å². The minimum Gasteiger partial charge on any atom is -0.380 e. The highest BCUT2D eigenvalue weighted by Gasteiger charge is 2.35. The highest BCUT2D eigenvalue weighted by atomic mass is 16.6. The maximum absolute atomic E-state index is 10.2. The highest BCUT2D eigenvalue weighted by molar-refractivity contribution is 4.73. The summed E-state index contributed by atoms with van der Waals surface area (Å²) in [6.07, 6.45) is 0. The number of hydrogen-bond donors (Lipinski definition) is 0. The van der Waals surface area contributed by atoms with Crippen LogP contribution in [0.4, 0.5) is 0 Å². The van der Waals surface area contributed by atoms with E-state index >= 15 is 0 Å². The molecule has 7 heteroatoms. The number of nitrogens with zero attached hydrogens (tertiary/aromatic N) is 2. The Bertz CT molecular complexity index is 197. The van der Waals surface area contributed by atoms with Crippen LogP contribution in [-0.4, -0.2) is 36.1 Å². The van der Waals surface area contributed by atoms with Crippen LogP contribution in [0, 0.1) is 32.1 Å². The van der Waals surface area contributed by atoms with Crippen molar-refractivity contribution in [2.45, 2.75) is 0 Å². The molecule has 0 bridgehead atoms. The number of ether oxygens (including phenoxy) is 1. The fraction of sp³-hybridized carbons (Fsp3) is 1.00. The Balaban J connectivity index is 2.43. The molecule has 7 nitrogen and oxygen atoms in total. The first-order chi connectivity index (χ1) is 6.09. The average molecular weight is 190 g/mol. The zero-order valence-corrected chi connectivity index (χ0v) is 6.92. The predicted octanol–water partition coefficient (Wildman–Crippen LogP) is -0.198. The van der Waals surface area contributed by atoms with Crippen LogP contribution in [0.15, 0.2) is 0 Å². The fourth-order valence-corrected chi connectivity index (χ4v) is 1.43. The van der Waals surface area contributed by atoms with Gasteiger partial charge in [0, 0.05) is 9.85 Å².